The maximum Gasteiger partial charge on any atom is 0.338 e. The molecule has 1 saturated heterocycles. The molecule has 0 aromatic heterocycles. The molecule has 0 unspecified atom stereocenters. The van der Waals surface area contributed by atoms with Crippen molar-refractivity contribution in [3.63, 3.8) is 0 Å². The Labute approximate surface area is 152 Å². The lowest BCUT2D eigenvalue weighted by Gasteiger charge is -2.09. The van der Waals surface area contributed by atoms with E-state index in [4.69, 9.17) is 4.74 Å². The largest absolute Gasteiger partial charge is 0.454 e. The number of benzene rings is 2. The molecule has 0 N–H and O–H groups in total. The van der Waals surface area contributed by atoms with E-state index in [1.165, 1.54) is 0 Å². The number of Topliss-reactive ketones (excluding diaryl/α,β-unsaturated/α-hetero) is 1. The molecular formula is C18H14F2O3S2. The predicted molar refractivity (Wildman–Crippen MR) is 95.1 cm³/mol. The lowest BCUT2D eigenvalue weighted by atomic mass is 10.1. The topological polar surface area (TPSA) is 43.4 Å². The van der Waals surface area contributed by atoms with Crippen molar-refractivity contribution in [2.75, 3.05) is 18.1 Å². The number of esters is 1. The van der Waals surface area contributed by atoms with Gasteiger partial charge in [-0.05, 0) is 35.9 Å². The van der Waals surface area contributed by atoms with Gasteiger partial charge in [-0.15, -0.1) is 23.5 Å². The third-order valence-corrected chi connectivity index (χ3v) is 6.71. The summed E-state index contributed by atoms with van der Waals surface area (Å²) in [4.78, 5) is 23.9. The summed E-state index contributed by atoms with van der Waals surface area (Å²) in [6.45, 7) is -0.644. The lowest BCUT2D eigenvalue weighted by Crippen LogP contribution is -2.15. The van der Waals surface area contributed by atoms with Crippen molar-refractivity contribution in [1.82, 2.24) is 0 Å². The molecule has 1 aliphatic heterocycles. The van der Waals surface area contributed by atoms with E-state index in [9.17, 15) is 18.4 Å². The van der Waals surface area contributed by atoms with Crippen molar-refractivity contribution >= 4 is 35.3 Å². The number of halogens is 2. The minimum atomic E-state index is -0.849. The van der Waals surface area contributed by atoms with E-state index in [2.05, 4.69) is 0 Å². The average Bonchev–Trinajstić information content (AvgIpc) is 3.16. The number of thioether (sulfide) groups is 2. The molecule has 3 rings (SSSR count). The summed E-state index contributed by atoms with van der Waals surface area (Å²) < 4.78 is 31.9. The summed E-state index contributed by atoms with van der Waals surface area (Å²) in [5, 5.41) is 0. The highest BCUT2D eigenvalue weighted by Crippen LogP contribution is 2.45. The highest BCUT2D eigenvalue weighted by atomic mass is 32.2. The van der Waals surface area contributed by atoms with Crippen LogP contribution in [0.4, 0.5) is 8.78 Å². The van der Waals surface area contributed by atoms with E-state index in [0.29, 0.717) is 10.1 Å². The molecule has 2 aromatic rings. The standard InChI is InChI=1S/C18H14F2O3S2/c19-13-5-6-15(20)14(9-13)16(21)10-23-17(22)11-1-3-12(4-2-11)18-24-7-8-25-18/h1-6,9,18H,7-8,10H2. The Morgan fingerprint density at radius 2 is 1.72 bits per heavy atom. The molecule has 3 nitrogen and oxygen atoms in total. The zero-order valence-corrected chi connectivity index (χ0v) is 14.7. The second-order valence-electron chi connectivity index (χ2n) is 5.32. The second-order valence-corrected chi connectivity index (χ2v) is 8.04. The van der Waals surface area contributed by atoms with Crippen molar-refractivity contribution in [3.05, 3.63) is 70.8 Å². The van der Waals surface area contributed by atoms with Crippen LogP contribution in [-0.2, 0) is 4.74 Å². The highest BCUT2D eigenvalue weighted by molar-refractivity contribution is 8.19. The van der Waals surface area contributed by atoms with E-state index in [1.54, 1.807) is 12.1 Å². The predicted octanol–water partition coefficient (Wildman–Crippen LogP) is 4.48. The van der Waals surface area contributed by atoms with Gasteiger partial charge in [-0.1, -0.05) is 12.1 Å². The first-order chi connectivity index (χ1) is 12.0. The molecule has 25 heavy (non-hydrogen) atoms. The Balaban J connectivity index is 1.60. The van der Waals surface area contributed by atoms with E-state index in [0.717, 1.165) is 35.3 Å². The third kappa shape index (κ3) is 4.41. The van der Waals surface area contributed by atoms with Gasteiger partial charge in [-0.3, -0.25) is 4.79 Å². The van der Waals surface area contributed by atoms with Gasteiger partial charge in [0.05, 0.1) is 15.7 Å². The Hall–Kier alpha value is -1.86. The Bertz CT molecular complexity index is 787. The molecule has 1 fully saturated rings. The van der Waals surface area contributed by atoms with Crippen LogP contribution in [0.5, 0.6) is 0 Å². The molecule has 130 valence electrons. The van der Waals surface area contributed by atoms with E-state index in [-0.39, 0.29) is 0 Å². The van der Waals surface area contributed by atoms with Crippen LogP contribution in [0.1, 0.15) is 30.9 Å². The van der Waals surface area contributed by atoms with Crippen LogP contribution in [0.15, 0.2) is 42.5 Å². The number of hydrogen-bond acceptors (Lipinski definition) is 5. The van der Waals surface area contributed by atoms with E-state index in [1.807, 2.05) is 35.7 Å². The van der Waals surface area contributed by atoms with E-state index < -0.39 is 35.6 Å². The van der Waals surface area contributed by atoms with Gasteiger partial charge in [0.15, 0.2) is 6.61 Å². The summed E-state index contributed by atoms with van der Waals surface area (Å²) in [7, 11) is 0. The molecule has 7 heteroatoms. The molecule has 0 amide bonds. The van der Waals surface area contributed by atoms with Gasteiger partial charge in [-0.2, -0.15) is 0 Å². The molecule has 0 saturated carbocycles. The summed E-state index contributed by atoms with van der Waals surface area (Å²) >= 11 is 3.72. The summed E-state index contributed by atoms with van der Waals surface area (Å²) in [5.41, 5.74) is 1.00. The van der Waals surface area contributed by atoms with Crippen LogP contribution in [0.2, 0.25) is 0 Å². The maximum absolute atomic E-state index is 13.5. The molecular weight excluding hydrogens is 366 g/mol. The van der Waals surface area contributed by atoms with Gasteiger partial charge in [0.2, 0.25) is 5.78 Å². The van der Waals surface area contributed by atoms with Gasteiger partial charge in [0.25, 0.3) is 0 Å². The van der Waals surface area contributed by atoms with Crippen LogP contribution in [0, 0.1) is 11.6 Å². The zero-order chi connectivity index (χ0) is 17.8. The van der Waals surface area contributed by atoms with Crippen molar-refractivity contribution in [2.45, 2.75) is 4.58 Å². The first-order valence-electron chi connectivity index (χ1n) is 7.53. The van der Waals surface area contributed by atoms with Gasteiger partial charge in [0.1, 0.15) is 11.6 Å². The van der Waals surface area contributed by atoms with Crippen LogP contribution in [0.25, 0.3) is 0 Å². The zero-order valence-electron chi connectivity index (χ0n) is 13.0. The van der Waals surface area contributed by atoms with Crippen LogP contribution >= 0.6 is 23.5 Å². The fraction of sp³-hybridized carbons (Fsp3) is 0.222. The monoisotopic (exact) mass is 380 g/mol. The number of rotatable bonds is 5. The second kappa shape index (κ2) is 8.01. The molecule has 1 aliphatic rings. The van der Waals surface area contributed by atoms with E-state index >= 15 is 0 Å². The van der Waals surface area contributed by atoms with Crippen molar-refractivity contribution in [1.29, 1.82) is 0 Å². The minimum absolute atomic E-state index is 0.310. The number of ether oxygens (including phenoxy) is 1. The van der Waals surface area contributed by atoms with Crippen LogP contribution < -0.4 is 0 Å². The van der Waals surface area contributed by atoms with Gasteiger partial charge in [-0.25, -0.2) is 13.6 Å². The van der Waals surface area contributed by atoms with Crippen molar-refractivity contribution < 1.29 is 23.1 Å². The molecule has 1 heterocycles. The van der Waals surface area contributed by atoms with Crippen molar-refractivity contribution in [2.24, 2.45) is 0 Å². The first kappa shape index (κ1) is 17.9. The Morgan fingerprint density at radius 1 is 1.04 bits per heavy atom. The Kier molecular flexibility index (Phi) is 5.75. The summed E-state index contributed by atoms with van der Waals surface area (Å²) in [6, 6.07) is 9.58. The quantitative estimate of drug-likeness (QED) is 0.565. The maximum atomic E-state index is 13.5. The Morgan fingerprint density at radius 3 is 2.40 bits per heavy atom. The molecule has 0 aliphatic carbocycles. The number of carbonyl (C=O) groups is 2. The lowest BCUT2D eigenvalue weighted by molar-refractivity contribution is 0.0473. The molecule has 0 spiro atoms. The summed E-state index contributed by atoms with van der Waals surface area (Å²) in [6.07, 6.45) is 0. The smallest absolute Gasteiger partial charge is 0.338 e. The normalized spacial score (nSPS) is 14.5. The molecule has 0 atom stereocenters. The fourth-order valence-corrected chi connectivity index (χ4v) is 5.19. The molecule has 0 bridgehead atoms. The SMILES string of the molecule is O=C(OCC(=O)c1cc(F)ccc1F)c1ccc(C2SCCS2)cc1. The minimum Gasteiger partial charge on any atom is -0.454 e. The van der Waals surface area contributed by atoms with Gasteiger partial charge < -0.3 is 4.74 Å². The number of hydrogen-bond donors (Lipinski definition) is 0. The average molecular weight is 380 g/mol. The molecule has 0 radical (unpaired) electrons. The molecule has 2 aromatic carbocycles. The van der Waals surface area contributed by atoms with Crippen molar-refractivity contribution in [3.8, 4) is 0 Å². The number of carbonyl (C=O) groups excluding carboxylic acids is 2. The highest BCUT2D eigenvalue weighted by Gasteiger charge is 2.19. The number of ketones is 1. The van der Waals surface area contributed by atoms with Crippen LogP contribution in [0.3, 0.4) is 0 Å². The van der Waals surface area contributed by atoms with Gasteiger partial charge >= 0.3 is 5.97 Å². The fourth-order valence-electron chi connectivity index (χ4n) is 2.33. The van der Waals surface area contributed by atoms with Crippen LogP contribution in [-0.4, -0.2) is 29.9 Å². The first-order valence-corrected chi connectivity index (χ1v) is 9.63. The third-order valence-electron chi connectivity index (χ3n) is 3.60. The van der Waals surface area contributed by atoms with Gasteiger partial charge in [0, 0.05) is 11.5 Å². The summed E-state index contributed by atoms with van der Waals surface area (Å²) in [5.74, 6) is -0.827.